The first kappa shape index (κ1) is 11.2. The maximum atomic E-state index is 8.87. The van der Waals surface area contributed by atoms with E-state index in [2.05, 4.69) is 9.97 Å². The first-order valence-electron chi connectivity index (χ1n) is 4.53. The highest BCUT2D eigenvalue weighted by Crippen LogP contribution is 2.21. The minimum atomic E-state index is 0.106. The number of aromatic nitrogens is 2. The molecule has 0 aliphatic rings. The second-order valence-corrected chi connectivity index (χ2v) is 3.27. The van der Waals surface area contributed by atoms with Gasteiger partial charge in [0.1, 0.15) is 17.3 Å². The number of hydrogen-bond acceptors (Lipinski definition) is 4. The number of hydrogen-bond donors (Lipinski definition) is 1. The first-order chi connectivity index (χ1) is 6.70. The average Bonchev–Trinajstić information content (AvgIpc) is 2.19. The second kappa shape index (κ2) is 5.12. The number of halogens is 1. The summed E-state index contributed by atoms with van der Waals surface area (Å²) in [5, 5.41) is 9.34. The molecule has 0 fully saturated rings. The Hall–Kier alpha value is -0.870. The van der Waals surface area contributed by atoms with E-state index in [-0.39, 0.29) is 6.61 Å². The van der Waals surface area contributed by atoms with Crippen molar-refractivity contribution in [2.75, 3.05) is 24.6 Å². The van der Waals surface area contributed by atoms with Gasteiger partial charge in [0, 0.05) is 18.7 Å². The van der Waals surface area contributed by atoms with Crippen LogP contribution < -0.4 is 4.90 Å². The first-order valence-corrected chi connectivity index (χ1v) is 4.91. The van der Waals surface area contributed by atoms with E-state index in [1.807, 2.05) is 18.7 Å². The Morgan fingerprint density at radius 1 is 1.50 bits per heavy atom. The number of nitrogens with zero attached hydrogens (tertiary/aromatic N) is 3. The van der Waals surface area contributed by atoms with Gasteiger partial charge in [0.05, 0.1) is 6.61 Å². The highest BCUT2D eigenvalue weighted by atomic mass is 35.5. The van der Waals surface area contributed by atoms with Crippen molar-refractivity contribution in [3.63, 3.8) is 0 Å². The molecule has 0 aliphatic heterocycles. The molecule has 0 bridgehead atoms. The number of anilines is 1. The molecule has 1 aromatic heterocycles. The molecule has 0 aromatic carbocycles. The summed E-state index contributed by atoms with van der Waals surface area (Å²) in [4.78, 5) is 9.99. The molecular weight excluding hydrogens is 202 g/mol. The molecule has 0 saturated carbocycles. The predicted octanol–water partition coefficient (Wildman–Crippen LogP) is 1.26. The fourth-order valence-corrected chi connectivity index (χ4v) is 1.40. The molecule has 0 atom stereocenters. The molecule has 0 unspecified atom stereocenters. The lowest BCUT2D eigenvalue weighted by Gasteiger charge is -2.22. The van der Waals surface area contributed by atoms with Gasteiger partial charge in [0.15, 0.2) is 0 Å². The molecular formula is C9H14ClN3O. The maximum Gasteiger partial charge on any atom is 0.137 e. The Morgan fingerprint density at radius 3 is 2.79 bits per heavy atom. The van der Waals surface area contributed by atoms with Gasteiger partial charge < -0.3 is 10.0 Å². The van der Waals surface area contributed by atoms with Crippen LogP contribution in [0.1, 0.15) is 12.5 Å². The Kier molecular flexibility index (Phi) is 4.10. The SMILES string of the molecule is CCN(CCO)c1ncnc(Cl)c1C. The van der Waals surface area contributed by atoms with Crippen molar-refractivity contribution in [1.29, 1.82) is 0 Å². The van der Waals surface area contributed by atoms with Crippen molar-refractivity contribution >= 4 is 17.4 Å². The van der Waals surface area contributed by atoms with Crippen LogP contribution in [0.5, 0.6) is 0 Å². The number of aliphatic hydroxyl groups excluding tert-OH is 1. The standard InChI is InChI=1S/C9H14ClN3O/c1-3-13(4-5-14)9-7(2)8(10)11-6-12-9/h6,14H,3-5H2,1-2H3. The zero-order valence-corrected chi connectivity index (χ0v) is 9.12. The van der Waals surface area contributed by atoms with Crippen LogP contribution in [0, 0.1) is 6.92 Å². The summed E-state index contributed by atoms with van der Waals surface area (Å²) < 4.78 is 0. The molecule has 1 N–H and O–H groups in total. The van der Waals surface area contributed by atoms with Crippen molar-refractivity contribution in [2.24, 2.45) is 0 Å². The van der Waals surface area contributed by atoms with E-state index < -0.39 is 0 Å². The maximum absolute atomic E-state index is 8.87. The van der Waals surface area contributed by atoms with Crippen LogP contribution in [0.25, 0.3) is 0 Å². The lowest BCUT2D eigenvalue weighted by molar-refractivity contribution is 0.302. The number of rotatable bonds is 4. The zero-order valence-electron chi connectivity index (χ0n) is 8.37. The second-order valence-electron chi connectivity index (χ2n) is 2.92. The molecule has 14 heavy (non-hydrogen) atoms. The van der Waals surface area contributed by atoms with Gasteiger partial charge in [-0.15, -0.1) is 0 Å². The molecule has 4 nitrogen and oxygen atoms in total. The van der Waals surface area contributed by atoms with Crippen molar-refractivity contribution in [3.05, 3.63) is 17.0 Å². The minimum Gasteiger partial charge on any atom is -0.395 e. The molecule has 0 amide bonds. The van der Waals surface area contributed by atoms with Crippen LogP contribution in [0.3, 0.4) is 0 Å². The van der Waals surface area contributed by atoms with Gasteiger partial charge in [-0.2, -0.15) is 0 Å². The van der Waals surface area contributed by atoms with E-state index in [1.54, 1.807) is 0 Å². The normalized spacial score (nSPS) is 10.3. The van der Waals surface area contributed by atoms with E-state index >= 15 is 0 Å². The van der Waals surface area contributed by atoms with Gasteiger partial charge in [0.25, 0.3) is 0 Å². The van der Waals surface area contributed by atoms with Crippen LogP contribution in [0.2, 0.25) is 5.15 Å². The Balaban J connectivity index is 2.97. The Morgan fingerprint density at radius 2 is 2.21 bits per heavy atom. The van der Waals surface area contributed by atoms with E-state index in [9.17, 15) is 0 Å². The molecule has 0 aliphatic carbocycles. The average molecular weight is 216 g/mol. The quantitative estimate of drug-likeness (QED) is 0.769. The van der Waals surface area contributed by atoms with Crippen molar-refractivity contribution in [2.45, 2.75) is 13.8 Å². The van der Waals surface area contributed by atoms with Gasteiger partial charge in [-0.3, -0.25) is 0 Å². The lowest BCUT2D eigenvalue weighted by Crippen LogP contribution is -2.28. The van der Waals surface area contributed by atoms with Gasteiger partial charge in [-0.1, -0.05) is 11.6 Å². The van der Waals surface area contributed by atoms with Crippen molar-refractivity contribution < 1.29 is 5.11 Å². The Bertz CT molecular complexity index is 306. The van der Waals surface area contributed by atoms with Crippen LogP contribution in [0.15, 0.2) is 6.33 Å². The molecule has 1 rings (SSSR count). The van der Waals surface area contributed by atoms with Crippen LogP contribution >= 0.6 is 11.6 Å². The van der Waals surface area contributed by atoms with E-state index in [0.29, 0.717) is 11.7 Å². The van der Waals surface area contributed by atoms with Crippen LogP contribution in [0.4, 0.5) is 5.82 Å². The van der Waals surface area contributed by atoms with E-state index in [0.717, 1.165) is 17.9 Å². The largest absolute Gasteiger partial charge is 0.395 e. The van der Waals surface area contributed by atoms with Crippen LogP contribution in [-0.2, 0) is 0 Å². The lowest BCUT2D eigenvalue weighted by atomic mass is 10.3. The monoisotopic (exact) mass is 215 g/mol. The van der Waals surface area contributed by atoms with Gasteiger partial charge in [0.2, 0.25) is 0 Å². The molecule has 5 heteroatoms. The summed E-state index contributed by atoms with van der Waals surface area (Å²) in [5.74, 6) is 0.793. The molecule has 1 aromatic rings. The molecule has 0 spiro atoms. The summed E-state index contributed by atoms with van der Waals surface area (Å²) in [5.41, 5.74) is 0.851. The van der Waals surface area contributed by atoms with Gasteiger partial charge >= 0.3 is 0 Å². The zero-order chi connectivity index (χ0) is 10.6. The van der Waals surface area contributed by atoms with E-state index in [1.165, 1.54) is 6.33 Å². The fraction of sp³-hybridized carbons (Fsp3) is 0.556. The summed E-state index contributed by atoms with van der Waals surface area (Å²) >= 11 is 5.87. The summed E-state index contributed by atoms with van der Waals surface area (Å²) in [6.45, 7) is 5.33. The highest BCUT2D eigenvalue weighted by molar-refractivity contribution is 6.30. The third-order valence-electron chi connectivity index (χ3n) is 2.05. The summed E-state index contributed by atoms with van der Waals surface area (Å²) in [7, 11) is 0. The molecule has 78 valence electrons. The van der Waals surface area contributed by atoms with Crippen LogP contribution in [-0.4, -0.2) is 34.8 Å². The molecule has 1 heterocycles. The number of likely N-dealkylation sites (N-methyl/N-ethyl adjacent to an activating group) is 1. The Labute approximate surface area is 88.6 Å². The summed E-state index contributed by atoms with van der Waals surface area (Å²) in [6.07, 6.45) is 1.44. The smallest absolute Gasteiger partial charge is 0.137 e. The third kappa shape index (κ3) is 2.33. The molecule has 0 saturated heterocycles. The van der Waals surface area contributed by atoms with Crippen molar-refractivity contribution in [1.82, 2.24) is 9.97 Å². The predicted molar refractivity (Wildman–Crippen MR) is 56.8 cm³/mol. The molecule has 0 radical (unpaired) electrons. The summed E-state index contributed by atoms with van der Waals surface area (Å²) in [6, 6.07) is 0. The fourth-order valence-electron chi connectivity index (χ4n) is 1.27. The third-order valence-corrected chi connectivity index (χ3v) is 2.43. The van der Waals surface area contributed by atoms with E-state index in [4.69, 9.17) is 16.7 Å². The van der Waals surface area contributed by atoms with Gasteiger partial charge in [-0.25, -0.2) is 9.97 Å². The van der Waals surface area contributed by atoms with Crippen molar-refractivity contribution in [3.8, 4) is 0 Å². The number of aliphatic hydroxyl groups is 1. The topological polar surface area (TPSA) is 49.2 Å². The minimum absolute atomic E-state index is 0.106. The highest BCUT2D eigenvalue weighted by Gasteiger charge is 2.10. The van der Waals surface area contributed by atoms with Gasteiger partial charge in [-0.05, 0) is 13.8 Å².